The Labute approximate surface area is 102 Å². The van der Waals surface area contributed by atoms with E-state index in [9.17, 15) is 0 Å². The quantitative estimate of drug-likeness (QED) is 0.671. The maximum absolute atomic E-state index is 3.50. The highest BCUT2D eigenvalue weighted by molar-refractivity contribution is 4.74. The van der Waals surface area contributed by atoms with Gasteiger partial charge in [-0.1, -0.05) is 26.7 Å². The van der Waals surface area contributed by atoms with Gasteiger partial charge in [0.05, 0.1) is 0 Å². The van der Waals surface area contributed by atoms with Crippen LogP contribution in [-0.2, 0) is 0 Å². The van der Waals surface area contributed by atoms with E-state index in [4.69, 9.17) is 0 Å². The summed E-state index contributed by atoms with van der Waals surface area (Å²) in [6, 6.07) is 0.869. The summed E-state index contributed by atoms with van der Waals surface area (Å²) < 4.78 is 0. The molecule has 0 saturated carbocycles. The zero-order valence-corrected chi connectivity index (χ0v) is 11.3. The van der Waals surface area contributed by atoms with Crippen LogP contribution in [0.2, 0.25) is 0 Å². The molecule has 0 aromatic rings. The third kappa shape index (κ3) is 5.31. The Balaban J connectivity index is 2.15. The molecule has 16 heavy (non-hydrogen) atoms. The fourth-order valence-corrected chi connectivity index (χ4v) is 2.70. The molecule has 1 N–H and O–H groups in total. The minimum absolute atomic E-state index is 0.869. The third-order valence-electron chi connectivity index (χ3n) is 3.70. The van der Waals surface area contributed by atoms with Gasteiger partial charge in [-0.3, -0.25) is 0 Å². The van der Waals surface area contributed by atoms with Crippen molar-refractivity contribution < 1.29 is 0 Å². The van der Waals surface area contributed by atoms with Crippen LogP contribution in [0.15, 0.2) is 0 Å². The summed E-state index contributed by atoms with van der Waals surface area (Å²) in [5, 5.41) is 3.50. The Hall–Kier alpha value is -0.0800. The van der Waals surface area contributed by atoms with Crippen LogP contribution in [0, 0.1) is 0 Å². The van der Waals surface area contributed by atoms with Crippen LogP contribution < -0.4 is 5.32 Å². The zero-order chi connectivity index (χ0) is 11.6. The van der Waals surface area contributed by atoms with E-state index in [0.29, 0.717) is 0 Å². The van der Waals surface area contributed by atoms with E-state index >= 15 is 0 Å². The van der Waals surface area contributed by atoms with Crippen molar-refractivity contribution in [3.63, 3.8) is 0 Å². The molecule has 1 aliphatic rings. The highest BCUT2D eigenvalue weighted by atomic mass is 15.2. The third-order valence-corrected chi connectivity index (χ3v) is 3.70. The second kappa shape index (κ2) is 9.00. The SMILES string of the molecule is CCCNCCCN1CCCCCC1CC. The van der Waals surface area contributed by atoms with Gasteiger partial charge in [0.15, 0.2) is 0 Å². The van der Waals surface area contributed by atoms with Crippen molar-refractivity contribution in [1.82, 2.24) is 10.2 Å². The molecule has 0 aromatic heterocycles. The molecule has 2 heteroatoms. The first-order valence-corrected chi connectivity index (χ1v) is 7.33. The minimum Gasteiger partial charge on any atom is -0.317 e. The maximum Gasteiger partial charge on any atom is 0.00926 e. The predicted octanol–water partition coefficient (Wildman–Crippen LogP) is 3.03. The van der Waals surface area contributed by atoms with Crippen LogP contribution in [0.25, 0.3) is 0 Å². The average Bonchev–Trinajstić information content (AvgIpc) is 2.53. The Morgan fingerprint density at radius 3 is 2.75 bits per heavy atom. The first-order chi connectivity index (χ1) is 7.88. The highest BCUT2D eigenvalue weighted by Gasteiger charge is 2.18. The maximum atomic E-state index is 3.50. The lowest BCUT2D eigenvalue weighted by Gasteiger charge is -2.29. The number of rotatable bonds is 7. The molecule has 96 valence electrons. The van der Waals surface area contributed by atoms with Crippen LogP contribution >= 0.6 is 0 Å². The molecular weight excluding hydrogens is 196 g/mol. The predicted molar refractivity (Wildman–Crippen MR) is 71.9 cm³/mol. The fourth-order valence-electron chi connectivity index (χ4n) is 2.70. The number of nitrogens with zero attached hydrogens (tertiary/aromatic N) is 1. The van der Waals surface area contributed by atoms with Crippen molar-refractivity contribution >= 4 is 0 Å². The molecule has 1 unspecified atom stereocenters. The summed E-state index contributed by atoms with van der Waals surface area (Å²) in [4.78, 5) is 2.74. The van der Waals surface area contributed by atoms with Crippen LogP contribution in [0.3, 0.4) is 0 Å². The van der Waals surface area contributed by atoms with Gasteiger partial charge in [0, 0.05) is 6.04 Å². The van der Waals surface area contributed by atoms with E-state index in [1.54, 1.807) is 0 Å². The molecule has 1 atom stereocenters. The molecule has 0 aromatic carbocycles. The van der Waals surface area contributed by atoms with Gasteiger partial charge >= 0.3 is 0 Å². The number of hydrogen-bond acceptors (Lipinski definition) is 2. The van der Waals surface area contributed by atoms with Crippen LogP contribution in [-0.4, -0.2) is 37.1 Å². The number of likely N-dealkylation sites (tertiary alicyclic amines) is 1. The summed E-state index contributed by atoms with van der Waals surface area (Å²) in [6.45, 7) is 9.59. The Bertz CT molecular complexity index is 159. The summed E-state index contributed by atoms with van der Waals surface area (Å²) in [6.07, 6.45) is 9.64. The Morgan fingerprint density at radius 2 is 2.00 bits per heavy atom. The summed E-state index contributed by atoms with van der Waals surface area (Å²) >= 11 is 0. The van der Waals surface area contributed by atoms with Crippen molar-refractivity contribution in [3.05, 3.63) is 0 Å². The van der Waals surface area contributed by atoms with Gasteiger partial charge in [-0.25, -0.2) is 0 Å². The molecule has 0 amide bonds. The van der Waals surface area contributed by atoms with E-state index in [1.807, 2.05) is 0 Å². The van der Waals surface area contributed by atoms with Gasteiger partial charge in [-0.15, -0.1) is 0 Å². The molecular formula is C14H30N2. The smallest absolute Gasteiger partial charge is 0.00926 e. The van der Waals surface area contributed by atoms with Crippen molar-refractivity contribution in [1.29, 1.82) is 0 Å². The molecule has 0 spiro atoms. The Morgan fingerprint density at radius 1 is 1.12 bits per heavy atom. The van der Waals surface area contributed by atoms with Crippen molar-refractivity contribution in [2.45, 2.75) is 64.8 Å². The van der Waals surface area contributed by atoms with Crippen LogP contribution in [0.5, 0.6) is 0 Å². The summed E-state index contributed by atoms with van der Waals surface area (Å²) in [7, 11) is 0. The van der Waals surface area contributed by atoms with Crippen LogP contribution in [0.1, 0.15) is 58.8 Å². The van der Waals surface area contributed by atoms with Crippen molar-refractivity contribution in [2.24, 2.45) is 0 Å². The average molecular weight is 226 g/mol. The van der Waals surface area contributed by atoms with Gasteiger partial charge in [-0.2, -0.15) is 0 Å². The van der Waals surface area contributed by atoms with E-state index in [1.165, 1.54) is 71.1 Å². The lowest BCUT2D eigenvalue weighted by Crippen LogP contribution is -2.36. The van der Waals surface area contributed by atoms with E-state index in [-0.39, 0.29) is 0 Å². The molecule has 2 nitrogen and oxygen atoms in total. The van der Waals surface area contributed by atoms with Gasteiger partial charge in [-0.05, 0) is 58.3 Å². The Kier molecular flexibility index (Phi) is 7.87. The molecule has 1 heterocycles. The second-order valence-electron chi connectivity index (χ2n) is 5.05. The van der Waals surface area contributed by atoms with Crippen molar-refractivity contribution in [3.8, 4) is 0 Å². The van der Waals surface area contributed by atoms with Crippen molar-refractivity contribution in [2.75, 3.05) is 26.2 Å². The first-order valence-electron chi connectivity index (χ1n) is 7.33. The highest BCUT2D eigenvalue weighted by Crippen LogP contribution is 2.18. The van der Waals surface area contributed by atoms with Gasteiger partial charge in [0.25, 0.3) is 0 Å². The van der Waals surface area contributed by atoms with E-state index in [0.717, 1.165) is 6.04 Å². The minimum atomic E-state index is 0.869. The summed E-state index contributed by atoms with van der Waals surface area (Å²) in [5.74, 6) is 0. The van der Waals surface area contributed by atoms with Gasteiger partial charge in [0.2, 0.25) is 0 Å². The molecule has 1 saturated heterocycles. The normalized spacial score (nSPS) is 23.2. The van der Waals surface area contributed by atoms with E-state index in [2.05, 4.69) is 24.1 Å². The zero-order valence-electron chi connectivity index (χ0n) is 11.3. The van der Waals surface area contributed by atoms with E-state index < -0.39 is 0 Å². The molecule has 1 aliphatic heterocycles. The number of hydrogen-bond donors (Lipinski definition) is 1. The molecule has 0 bridgehead atoms. The lowest BCUT2D eigenvalue weighted by atomic mass is 10.1. The molecule has 1 rings (SSSR count). The first kappa shape index (κ1) is 14.0. The topological polar surface area (TPSA) is 15.3 Å². The number of nitrogens with one attached hydrogen (secondary N) is 1. The second-order valence-corrected chi connectivity index (χ2v) is 5.05. The standard InChI is InChI=1S/C14H30N2/c1-3-10-15-11-8-13-16-12-7-5-6-9-14(16)4-2/h14-15H,3-13H2,1-2H3. The fraction of sp³-hybridized carbons (Fsp3) is 1.00. The largest absolute Gasteiger partial charge is 0.317 e. The molecule has 0 aliphatic carbocycles. The van der Waals surface area contributed by atoms with Gasteiger partial charge in [0.1, 0.15) is 0 Å². The van der Waals surface area contributed by atoms with Gasteiger partial charge < -0.3 is 10.2 Å². The monoisotopic (exact) mass is 226 g/mol. The van der Waals surface area contributed by atoms with Crippen LogP contribution in [0.4, 0.5) is 0 Å². The lowest BCUT2D eigenvalue weighted by molar-refractivity contribution is 0.192. The molecule has 1 fully saturated rings. The summed E-state index contributed by atoms with van der Waals surface area (Å²) in [5.41, 5.74) is 0. The molecule has 0 radical (unpaired) electrons.